The minimum absolute atomic E-state index is 0.0837. The highest BCUT2D eigenvalue weighted by atomic mass is 16.4. The molecule has 0 aromatic heterocycles. The Morgan fingerprint density at radius 3 is 2.05 bits per heavy atom. The van der Waals surface area contributed by atoms with Crippen molar-refractivity contribution in [1.29, 1.82) is 0 Å². The molecule has 0 aliphatic heterocycles. The fraction of sp³-hybridized carbons (Fsp3) is 0.846. The fourth-order valence-electron chi connectivity index (χ4n) is 1.96. The minimum Gasteiger partial charge on any atom is -0.481 e. The first-order valence-corrected chi connectivity index (χ1v) is 6.62. The van der Waals surface area contributed by atoms with Crippen LogP contribution in [-0.4, -0.2) is 63.3 Å². The van der Waals surface area contributed by atoms with Gasteiger partial charge in [-0.25, -0.2) is 4.79 Å². The average molecular weight is 274 g/mol. The first-order valence-electron chi connectivity index (χ1n) is 6.62. The van der Waals surface area contributed by atoms with Gasteiger partial charge in [0.1, 0.15) is 0 Å². The van der Waals surface area contributed by atoms with Crippen molar-refractivity contribution in [2.75, 3.05) is 19.6 Å². The van der Waals surface area contributed by atoms with Crippen molar-refractivity contribution in [3.8, 4) is 0 Å². The Morgan fingerprint density at radius 2 is 1.74 bits per heavy atom. The maximum atomic E-state index is 12.4. The lowest BCUT2D eigenvalue weighted by Crippen LogP contribution is -2.51. The molecule has 0 spiro atoms. The summed E-state index contributed by atoms with van der Waals surface area (Å²) in [6.07, 6.45) is -0.0837. The van der Waals surface area contributed by atoms with E-state index < -0.39 is 11.6 Å². The van der Waals surface area contributed by atoms with E-state index in [0.29, 0.717) is 13.1 Å². The smallest absolute Gasteiger partial charge is 0.320 e. The molecule has 6 nitrogen and oxygen atoms in total. The summed E-state index contributed by atoms with van der Waals surface area (Å²) in [4.78, 5) is 26.1. The number of carbonyl (C=O) groups is 2. The Labute approximate surface area is 115 Å². The summed E-state index contributed by atoms with van der Waals surface area (Å²) in [6.45, 7) is 9.77. The monoisotopic (exact) mass is 274 g/mol. The quantitative estimate of drug-likeness (QED) is 0.735. The molecule has 0 fully saturated rings. The lowest BCUT2D eigenvalue weighted by molar-refractivity contribution is -0.138. The molecule has 0 bridgehead atoms. The van der Waals surface area contributed by atoms with Crippen molar-refractivity contribution >= 4 is 12.0 Å². The minimum atomic E-state index is -0.971. The molecular weight excluding hydrogens is 248 g/mol. The number of hydrogen-bond acceptors (Lipinski definition) is 3. The third kappa shape index (κ3) is 6.42. The van der Waals surface area contributed by atoms with E-state index in [4.69, 9.17) is 5.11 Å². The third-order valence-corrected chi connectivity index (χ3v) is 2.82. The van der Waals surface area contributed by atoms with E-state index in [-0.39, 0.29) is 25.0 Å². The molecule has 2 amide bonds. The predicted octanol–water partition coefficient (Wildman–Crippen LogP) is 1.38. The zero-order valence-electron chi connectivity index (χ0n) is 12.5. The second-order valence-electron chi connectivity index (χ2n) is 5.34. The Bertz CT molecular complexity index is 312. The second kappa shape index (κ2) is 7.33. The van der Waals surface area contributed by atoms with Crippen LogP contribution in [0.2, 0.25) is 0 Å². The third-order valence-electron chi connectivity index (χ3n) is 2.82. The van der Waals surface area contributed by atoms with E-state index in [1.165, 1.54) is 9.80 Å². The standard InChI is InChI=1S/C13H26N2O4/c1-6-14(9-13(4,5)19)12(18)15(7-2)10(3)8-11(16)17/h10,19H,6-9H2,1-5H3,(H,16,17). The van der Waals surface area contributed by atoms with Crippen molar-refractivity contribution < 1.29 is 19.8 Å². The number of carboxylic acid groups (broad SMARTS) is 1. The molecular formula is C13H26N2O4. The summed E-state index contributed by atoms with van der Waals surface area (Å²) >= 11 is 0. The van der Waals surface area contributed by atoms with Gasteiger partial charge in [-0.3, -0.25) is 4.79 Å². The lowest BCUT2D eigenvalue weighted by atomic mass is 10.1. The molecule has 0 heterocycles. The van der Waals surface area contributed by atoms with Crippen molar-refractivity contribution in [1.82, 2.24) is 9.80 Å². The molecule has 2 N–H and O–H groups in total. The van der Waals surface area contributed by atoms with E-state index in [9.17, 15) is 14.7 Å². The lowest BCUT2D eigenvalue weighted by Gasteiger charge is -2.35. The molecule has 0 aliphatic carbocycles. The molecule has 1 atom stereocenters. The zero-order valence-corrected chi connectivity index (χ0v) is 12.5. The van der Waals surface area contributed by atoms with Gasteiger partial charge in [-0.05, 0) is 34.6 Å². The summed E-state index contributed by atoms with van der Waals surface area (Å²) in [7, 11) is 0. The van der Waals surface area contributed by atoms with E-state index in [1.807, 2.05) is 13.8 Å². The number of carboxylic acids is 1. The Morgan fingerprint density at radius 1 is 1.21 bits per heavy atom. The molecule has 1 unspecified atom stereocenters. The van der Waals surface area contributed by atoms with Crippen molar-refractivity contribution in [3.05, 3.63) is 0 Å². The van der Waals surface area contributed by atoms with Gasteiger partial charge in [-0.2, -0.15) is 0 Å². The molecule has 0 saturated carbocycles. The molecule has 0 aliphatic rings. The molecule has 0 rings (SSSR count). The van der Waals surface area contributed by atoms with Crippen LogP contribution in [0.1, 0.15) is 41.0 Å². The first kappa shape index (κ1) is 17.7. The van der Waals surface area contributed by atoms with Crippen LogP contribution < -0.4 is 0 Å². The van der Waals surface area contributed by atoms with Crippen LogP contribution in [0.4, 0.5) is 4.79 Å². The van der Waals surface area contributed by atoms with E-state index in [2.05, 4.69) is 0 Å². The van der Waals surface area contributed by atoms with Gasteiger partial charge >= 0.3 is 12.0 Å². The molecule has 0 radical (unpaired) electrons. The Balaban J connectivity index is 4.84. The Kier molecular flexibility index (Phi) is 6.83. The maximum Gasteiger partial charge on any atom is 0.320 e. The van der Waals surface area contributed by atoms with Gasteiger partial charge in [0.05, 0.1) is 18.6 Å². The summed E-state index contributed by atoms with van der Waals surface area (Å²) in [5.74, 6) is -0.927. The fourth-order valence-corrected chi connectivity index (χ4v) is 1.96. The summed E-state index contributed by atoms with van der Waals surface area (Å²) < 4.78 is 0. The number of aliphatic hydroxyl groups is 1. The van der Waals surface area contributed by atoms with Crippen LogP contribution in [0.25, 0.3) is 0 Å². The molecule has 19 heavy (non-hydrogen) atoms. The van der Waals surface area contributed by atoms with Gasteiger partial charge in [-0.15, -0.1) is 0 Å². The van der Waals surface area contributed by atoms with Gasteiger partial charge in [0, 0.05) is 19.1 Å². The van der Waals surface area contributed by atoms with Gasteiger partial charge < -0.3 is 20.0 Å². The summed E-state index contributed by atoms with van der Waals surface area (Å²) in [6, 6.07) is -0.605. The zero-order chi connectivity index (χ0) is 15.2. The van der Waals surface area contributed by atoms with Crippen molar-refractivity contribution in [2.45, 2.75) is 52.7 Å². The van der Waals surface area contributed by atoms with Crippen LogP contribution in [0, 0.1) is 0 Å². The topological polar surface area (TPSA) is 81.1 Å². The van der Waals surface area contributed by atoms with Crippen LogP contribution in [0.5, 0.6) is 0 Å². The SMILES string of the molecule is CCN(CC(C)(C)O)C(=O)N(CC)C(C)CC(=O)O. The highest BCUT2D eigenvalue weighted by Crippen LogP contribution is 2.11. The number of rotatable bonds is 7. The van der Waals surface area contributed by atoms with Gasteiger partial charge in [-0.1, -0.05) is 0 Å². The predicted molar refractivity (Wildman–Crippen MR) is 73.0 cm³/mol. The van der Waals surface area contributed by atoms with Gasteiger partial charge in [0.25, 0.3) is 0 Å². The molecule has 0 aromatic carbocycles. The van der Waals surface area contributed by atoms with Gasteiger partial charge in [0.15, 0.2) is 0 Å². The molecule has 112 valence electrons. The summed E-state index contributed by atoms with van der Waals surface area (Å²) in [5.41, 5.74) is -0.971. The van der Waals surface area contributed by atoms with Crippen LogP contribution >= 0.6 is 0 Å². The second-order valence-corrected chi connectivity index (χ2v) is 5.34. The van der Waals surface area contributed by atoms with E-state index >= 15 is 0 Å². The number of urea groups is 1. The maximum absolute atomic E-state index is 12.4. The van der Waals surface area contributed by atoms with Crippen LogP contribution in [-0.2, 0) is 4.79 Å². The number of carbonyl (C=O) groups excluding carboxylic acids is 1. The van der Waals surface area contributed by atoms with Crippen molar-refractivity contribution in [2.24, 2.45) is 0 Å². The molecule has 0 saturated heterocycles. The number of hydrogen-bond donors (Lipinski definition) is 2. The molecule has 6 heteroatoms. The Hall–Kier alpha value is -1.30. The normalized spacial score (nSPS) is 12.9. The average Bonchev–Trinajstić information content (AvgIpc) is 2.24. The summed E-state index contributed by atoms with van der Waals surface area (Å²) in [5, 5.41) is 18.6. The first-order chi connectivity index (χ1) is 8.62. The number of likely N-dealkylation sites (N-methyl/N-ethyl adjacent to an activating group) is 1. The highest BCUT2D eigenvalue weighted by molar-refractivity contribution is 5.76. The number of aliphatic carboxylic acids is 1. The van der Waals surface area contributed by atoms with E-state index in [1.54, 1.807) is 20.8 Å². The van der Waals surface area contributed by atoms with Crippen molar-refractivity contribution in [3.63, 3.8) is 0 Å². The van der Waals surface area contributed by atoms with Crippen LogP contribution in [0.15, 0.2) is 0 Å². The molecule has 0 aromatic rings. The van der Waals surface area contributed by atoms with Gasteiger partial charge in [0.2, 0.25) is 0 Å². The van der Waals surface area contributed by atoms with Crippen LogP contribution in [0.3, 0.4) is 0 Å². The largest absolute Gasteiger partial charge is 0.481 e. The number of nitrogens with zero attached hydrogens (tertiary/aromatic N) is 2. The highest BCUT2D eigenvalue weighted by Gasteiger charge is 2.27. The number of amides is 2. The van der Waals surface area contributed by atoms with E-state index in [0.717, 1.165) is 0 Å².